The number of halogens is 5. The molecular weight excluding hydrogens is 450 g/mol. The normalized spacial score (nSPS) is 13.9. The Morgan fingerprint density at radius 1 is 1.19 bits per heavy atom. The molecule has 32 heavy (non-hydrogen) atoms. The Kier molecular flexibility index (Phi) is 8.85. The Bertz CT molecular complexity index is 950. The largest absolute Gasteiger partial charge is 0.416 e. The first kappa shape index (κ1) is 25.4. The lowest BCUT2D eigenvalue weighted by Crippen LogP contribution is -2.46. The van der Waals surface area contributed by atoms with Gasteiger partial charge in [0, 0.05) is 13.1 Å². The number of alkyl halides is 3. The molecule has 0 aromatic heterocycles. The van der Waals surface area contributed by atoms with Gasteiger partial charge >= 0.3 is 6.18 Å². The molecule has 2 aromatic carbocycles. The predicted octanol–water partition coefficient (Wildman–Crippen LogP) is 3.91. The lowest BCUT2D eigenvalue weighted by molar-refractivity contribution is -0.137. The van der Waals surface area contributed by atoms with Crippen molar-refractivity contribution in [3.05, 3.63) is 64.4 Å². The first-order valence-electron chi connectivity index (χ1n) is 9.66. The fourth-order valence-corrected chi connectivity index (χ4v) is 2.99. The van der Waals surface area contributed by atoms with Crippen molar-refractivity contribution in [2.75, 3.05) is 12.4 Å². The van der Waals surface area contributed by atoms with E-state index in [0.29, 0.717) is 11.3 Å². The molecule has 11 heteroatoms. The molecule has 0 heterocycles. The molecule has 0 aliphatic rings. The number of rotatable bonds is 7. The molecule has 0 saturated heterocycles. The van der Waals surface area contributed by atoms with Crippen LogP contribution in [0.5, 0.6) is 0 Å². The molecule has 0 aliphatic carbocycles. The van der Waals surface area contributed by atoms with Crippen molar-refractivity contribution in [1.82, 2.24) is 10.6 Å². The fraction of sp³-hybridized carbons (Fsp3) is 0.333. The van der Waals surface area contributed by atoms with Crippen molar-refractivity contribution >= 4 is 29.2 Å². The average Bonchev–Trinajstić information content (AvgIpc) is 2.72. The number of carbonyl (C=O) groups excluding carboxylic acids is 1. The van der Waals surface area contributed by atoms with E-state index in [9.17, 15) is 22.4 Å². The smallest absolute Gasteiger partial charge is 0.358 e. The van der Waals surface area contributed by atoms with Crippen LogP contribution < -0.4 is 21.7 Å². The lowest BCUT2D eigenvalue weighted by Gasteiger charge is -2.21. The summed E-state index contributed by atoms with van der Waals surface area (Å²) < 4.78 is 51.6. The van der Waals surface area contributed by atoms with Crippen molar-refractivity contribution < 1.29 is 22.4 Å². The van der Waals surface area contributed by atoms with Gasteiger partial charge in [0.05, 0.1) is 28.9 Å². The van der Waals surface area contributed by atoms with Crippen molar-refractivity contribution in [2.24, 2.45) is 10.7 Å². The summed E-state index contributed by atoms with van der Waals surface area (Å²) in [4.78, 5) is 16.0. The minimum Gasteiger partial charge on any atom is -0.358 e. The maximum atomic E-state index is 13.3. The van der Waals surface area contributed by atoms with E-state index in [1.54, 1.807) is 6.92 Å². The van der Waals surface area contributed by atoms with Gasteiger partial charge in [0.2, 0.25) is 5.91 Å². The van der Waals surface area contributed by atoms with Crippen molar-refractivity contribution in [3.8, 4) is 0 Å². The summed E-state index contributed by atoms with van der Waals surface area (Å²) in [5, 5.41) is 8.60. The van der Waals surface area contributed by atoms with Gasteiger partial charge in [-0.1, -0.05) is 23.7 Å². The summed E-state index contributed by atoms with van der Waals surface area (Å²) in [7, 11) is 1.48. The molecule has 174 valence electrons. The van der Waals surface area contributed by atoms with E-state index in [-0.39, 0.29) is 35.9 Å². The van der Waals surface area contributed by atoms with Crippen LogP contribution in [0, 0.1) is 5.82 Å². The number of hydrogen-bond donors (Lipinski definition) is 4. The van der Waals surface area contributed by atoms with Crippen LogP contribution in [0.4, 0.5) is 23.2 Å². The zero-order valence-corrected chi connectivity index (χ0v) is 18.2. The number of aliphatic imine (C=N–C) groups is 1. The number of benzene rings is 2. The topological polar surface area (TPSA) is 91.5 Å². The number of amides is 1. The minimum atomic E-state index is -4.42. The highest BCUT2D eigenvalue weighted by atomic mass is 35.5. The van der Waals surface area contributed by atoms with Crippen molar-refractivity contribution in [2.45, 2.75) is 38.1 Å². The molecule has 0 fully saturated rings. The lowest BCUT2D eigenvalue weighted by atomic mass is 10.1. The van der Waals surface area contributed by atoms with Crippen molar-refractivity contribution in [3.63, 3.8) is 0 Å². The molecule has 2 atom stereocenters. The number of likely N-dealkylation sites (N-methyl/N-ethyl adjacent to an activating group) is 1. The third-order valence-corrected chi connectivity index (χ3v) is 4.77. The summed E-state index contributed by atoms with van der Waals surface area (Å²) in [6, 6.07) is 7.33. The second kappa shape index (κ2) is 11.1. The molecule has 0 spiro atoms. The Morgan fingerprint density at radius 3 is 2.41 bits per heavy atom. The molecule has 2 rings (SSSR count). The Hall–Kier alpha value is -2.85. The Morgan fingerprint density at radius 2 is 1.84 bits per heavy atom. The van der Waals surface area contributed by atoms with E-state index in [1.807, 2.05) is 0 Å². The first-order valence-corrected chi connectivity index (χ1v) is 10.0. The third-order valence-electron chi connectivity index (χ3n) is 4.46. The molecule has 0 aliphatic heterocycles. The first-order chi connectivity index (χ1) is 15.0. The van der Waals surface area contributed by atoms with E-state index in [4.69, 9.17) is 17.3 Å². The van der Waals surface area contributed by atoms with Crippen molar-refractivity contribution in [1.29, 1.82) is 0 Å². The molecule has 2 unspecified atom stereocenters. The number of carbonyl (C=O) groups is 1. The summed E-state index contributed by atoms with van der Waals surface area (Å²) in [5.41, 5.74) is 6.00. The third kappa shape index (κ3) is 7.69. The van der Waals surface area contributed by atoms with Crippen LogP contribution in [0.1, 0.15) is 24.5 Å². The fourth-order valence-electron chi connectivity index (χ4n) is 2.77. The quantitative estimate of drug-likeness (QED) is 0.279. The van der Waals surface area contributed by atoms with E-state index in [0.717, 1.165) is 18.2 Å². The molecule has 2 aromatic rings. The summed E-state index contributed by atoms with van der Waals surface area (Å²) >= 11 is 6.07. The minimum absolute atomic E-state index is 0.0561. The van der Waals surface area contributed by atoms with Gasteiger partial charge in [-0.3, -0.25) is 4.79 Å². The van der Waals surface area contributed by atoms with Gasteiger partial charge < -0.3 is 21.7 Å². The van der Waals surface area contributed by atoms with Crippen LogP contribution in [-0.4, -0.2) is 31.0 Å². The van der Waals surface area contributed by atoms with Gasteiger partial charge in [0.25, 0.3) is 0 Å². The summed E-state index contributed by atoms with van der Waals surface area (Å²) in [6.45, 7) is 1.84. The maximum absolute atomic E-state index is 13.3. The predicted molar refractivity (Wildman–Crippen MR) is 117 cm³/mol. The van der Waals surface area contributed by atoms with Crippen LogP contribution in [0.2, 0.25) is 5.02 Å². The number of nitrogens with one attached hydrogen (secondary N) is 3. The van der Waals surface area contributed by atoms with E-state index < -0.39 is 23.6 Å². The number of nitrogens with two attached hydrogens (primary N) is 1. The average molecular weight is 474 g/mol. The number of hydrogen-bond acceptors (Lipinski definition) is 3. The van der Waals surface area contributed by atoms with Gasteiger partial charge in [0.15, 0.2) is 5.96 Å². The molecular formula is C21H24ClF4N5O. The number of guanidine groups is 1. The SMILES string of the molecule is CNC(=O)C(N)CC(C)NC(=NCc1ccc(C(F)(F)F)cc1)Nc1ccc(F)cc1Cl. The molecule has 5 N–H and O–H groups in total. The number of anilines is 1. The molecule has 6 nitrogen and oxygen atoms in total. The van der Waals surface area contributed by atoms with E-state index in [1.165, 1.54) is 31.3 Å². The standard InChI is InChI=1S/C21H24ClF4N5O/c1-12(9-17(27)19(32)28-2)30-20(31-18-8-7-15(23)10-16(18)22)29-11-13-3-5-14(6-4-13)21(24,25)26/h3-8,10,12,17H,9,11,27H2,1-2H3,(H,28,32)(H2,29,30,31). The zero-order valence-electron chi connectivity index (χ0n) is 17.4. The Labute approximate surface area is 188 Å². The highest BCUT2D eigenvalue weighted by molar-refractivity contribution is 6.33. The Balaban J connectivity index is 2.19. The summed E-state index contributed by atoms with van der Waals surface area (Å²) in [5.74, 6) is -0.604. The van der Waals surface area contributed by atoms with Crippen LogP contribution in [0.15, 0.2) is 47.5 Å². The van der Waals surface area contributed by atoms with Gasteiger partial charge in [-0.05, 0) is 49.2 Å². The maximum Gasteiger partial charge on any atom is 0.416 e. The molecule has 0 radical (unpaired) electrons. The zero-order chi connectivity index (χ0) is 23.9. The molecule has 0 bridgehead atoms. The van der Waals surface area contributed by atoms with E-state index in [2.05, 4.69) is 20.9 Å². The monoisotopic (exact) mass is 473 g/mol. The van der Waals surface area contributed by atoms with Gasteiger partial charge in [-0.25, -0.2) is 9.38 Å². The molecule has 0 saturated carbocycles. The van der Waals surface area contributed by atoms with Crippen LogP contribution in [-0.2, 0) is 17.5 Å². The number of nitrogens with zero attached hydrogens (tertiary/aromatic N) is 1. The van der Waals surface area contributed by atoms with Gasteiger partial charge in [-0.2, -0.15) is 13.2 Å². The second-order valence-corrected chi connectivity index (χ2v) is 7.52. The highest BCUT2D eigenvalue weighted by Crippen LogP contribution is 2.29. The van der Waals surface area contributed by atoms with Gasteiger partial charge in [-0.15, -0.1) is 0 Å². The van der Waals surface area contributed by atoms with Gasteiger partial charge in [0.1, 0.15) is 5.82 Å². The highest BCUT2D eigenvalue weighted by Gasteiger charge is 2.29. The van der Waals surface area contributed by atoms with E-state index >= 15 is 0 Å². The molecule has 1 amide bonds. The van der Waals surface area contributed by atoms with Crippen LogP contribution in [0.25, 0.3) is 0 Å². The van der Waals surface area contributed by atoms with Crippen LogP contribution in [0.3, 0.4) is 0 Å². The van der Waals surface area contributed by atoms with Crippen LogP contribution >= 0.6 is 11.6 Å². The summed E-state index contributed by atoms with van der Waals surface area (Å²) in [6.07, 6.45) is -4.15. The second-order valence-electron chi connectivity index (χ2n) is 7.11.